The summed E-state index contributed by atoms with van der Waals surface area (Å²) in [5, 5.41) is 8.94. The molecule has 0 spiro atoms. The Morgan fingerprint density at radius 1 is 1.30 bits per heavy atom. The van der Waals surface area contributed by atoms with Crippen LogP contribution < -0.4 is 0 Å². The quantitative estimate of drug-likeness (QED) is 0.920. The predicted molar refractivity (Wildman–Crippen MR) is 78.4 cm³/mol. The molecule has 3 nitrogen and oxygen atoms in total. The molecule has 0 atom stereocenters. The molecule has 1 N–H and O–H groups in total. The largest absolute Gasteiger partial charge is 0.395 e. The van der Waals surface area contributed by atoms with Crippen LogP contribution in [0, 0.1) is 5.82 Å². The Hall–Kier alpha value is -1.72. The molecule has 2 aromatic rings. The summed E-state index contributed by atoms with van der Waals surface area (Å²) in [5.41, 5.74) is 0.502. The third-order valence-corrected chi connectivity index (χ3v) is 4.10. The minimum absolute atomic E-state index is 0.0644. The summed E-state index contributed by atoms with van der Waals surface area (Å²) in [6, 6.07) is 9.96. The first kappa shape index (κ1) is 14.7. The molecule has 1 aromatic heterocycles. The number of aliphatic hydroxyl groups is 1. The van der Waals surface area contributed by atoms with Gasteiger partial charge in [0.05, 0.1) is 11.5 Å². The van der Waals surface area contributed by atoms with E-state index in [2.05, 4.69) is 0 Å². The molecule has 1 aromatic carbocycles. The highest BCUT2D eigenvalue weighted by Crippen LogP contribution is 2.30. The van der Waals surface area contributed by atoms with E-state index < -0.39 is 0 Å². The fraction of sp³-hybridized carbons (Fsp3) is 0.267. The van der Waals surface area contributed by atoms with Crippen LogP contribution in [-0.4, -0.2) is 35.6 Å². The van der Waals surface area contributed by atoms with E-state index in [1.54, 1.807) is 35.2 Å². The number of aliphatic hydroxyl groups excluding tert-OH is 1. The Bertz CT molecular complexity index is 597. The highest BCUT2D eigenvalue weighted by molar-refractivity contribution is 7.17. The second kappa shape index (κ2) is 6.63. The number of rotatable bonds is 5. The van der Waals surface area contributed by atoms with Crippen molar-refractivity contribution in [2.75, 3.05) is 19.7 Å². The van der Waals surface area contributed by atoms with E-state index in [1.807, 2.05) is 6.92 Å². The monoisotopic (exact) mass is 293 g/mol. The van der Waals surface area contributed by atoms with Crippen molar-refractivity contribution in [2.24, 2.45) is 0 Å². The maximum Gasteiger partial charge on any atom is 0.264 e. The number of thiophene rings is 1. The number of likely N-dealkylation sites (N-methyl/N-ethyl adjacent to an activating group) is 1. The summed E-state index contributed by atoms with van der Waals surface area (Å²) in [6.45, 7) is 2.64. The van der Waals surface area contributed by atoms with Crippen LogP contribution in [0.1, 0.15) is 16.6 Å². The van der Waals surface area contributed by atoms with Crippen LogP contribution in [0.3, 0.4) is 0 Å². The van der Waals surface area contributed by atoms with Gasteiger partial charge >= 0.3 is 0 Å². The zero-order valence-electron chi connectivity index (χ0n) is 11.2. The highest BCUT2D eigenvalue weighted by Gasteiger charge is 2.17. The lowest BCUT2D eigenvalue weighted by molar-refractivity contribution is 0.0737. The van der Waals surface area contributed by atoms with E-state index >= 15 is 0 Å². The Labute approximate surface area is 121 Å². The number of benzene rings is 1. The number of hydrogen-bond donors (Lipinski definition) is 1. The lowest BCUT2D eigenvalue weighted by Gasteiger charge is -2.18. The summed E-state index contributed by atoms with van der Waals surface area (Å²) in [7, 11) is 0. The second-order valence-electron chi connectivity index (χ2n) is 4.25. The normalized spacial score (nSPS) is 10.6. The van der Waals surface area contributed by atoms with Crippen molar-refractivity contribution in [3.8, 4) is 10.4 Å². The van der Waals surface area contributed by atoms with Gasteiger partial charge in [-0.1, -0.05) is 18.2 Å². The van der Waals surface area contributed by atoms with Crippen LogP contribution in [0.5, 0.6) is 0 Å². The summed E-state index contributed by atoms with van der Waals surface area (Å²) >= 11 is 1.26. The Kier molecular flexibility index (Phi) is 4.87. The van der Waals surface area contributed by atoms with Crippen molar-refractivity contribution in [1.29, 1.82) is 0 Å². The molecule has 0 aliphatic carbocycles. The summed E-state index contributed by atoms with van der Waals surface area (Å²) in [6.07, 6.45) is 0. The van der Waals surface area contributed by atoms with Crippen LogP contribution in [0.2, 0.25) is 0 Å². The second-order valence-corrected chi connectivity index (χ2v) is 5.34. The van der Waals surface area contributed by atoms with Gasteiger partial charge in [0.25, 0.3) is 5.91 Å². The van der Waals surface area contributed by atoms with Gasteiger partial charge < -0.3 is 10.0 Å². The maximum absolute atomic E-state index is 13.7. The number of halogens is 1. The average molecular weight is 293 g/mol. The molecule has 2 rings (SSSR count). The van der Waals surface area contributed by atoms with E-state index in [0.29, 0.717) is 23.5 Å². The molecule has 1 amide bonds. The summed E-state index contributed by atoms with van der Waals surface area (Å²) < 4.78 is 13.7. The van der Waals surface area contributed by atoms with Crippen LogP contribution in [0.15, 0.2) is 36.4 Å². The van der Waals surface area contributed by atoms with Crippen LogP contribution in [0.4, 0.5) is 4.39 Å². The molecule has 0 aliphatic rings. The first-order chi connectivity index (χ1) is 9.67. The van der Waals surface area contributed by atoms with E-state index in [9.17, 15) is 9.18 Å². The molecule has 0 saturated carbocycles. The molecule has 0 aliphatic heterocycles. The fourth-order valence-corrected chi connectivity index (χ4v) is 2.94. The van der Waals surface area contributed by atoms with Crippen molar-refractivity contribution >= 4 is 17.2 Å². The number of carbonyl (C=O) groups excluding carboxylic acids is 1. The third-order valence-electron chi connectivity index (χ3n) is 2.99. The molecule has 1 heterocycles. The molecule has 0 unspecified atom stereocenters. The fourth-order valence-electron chi connectivity index (χ4n) is 1.94. The molecule has 5 heteroatoms. The standard InChI is InChI=1S/C15H16FNO2S/c1-2-17(9-10-18)15(19)14-8-7-13(20-14)11-5-3-4-6-12(11)16/h3-8,18H,2,9-10H2,1H3. The molecular weight excluding hydrogens is 277 g/mol. The number of amides is 1. The Morgan fingerprint density at radius 3 is 2.70 bits per heavy atom. The van der Waals surface area contributed by atoms with Crippen LogP contribution in [0.25, 0.3) is 10.4 Å². The predicted octanol–water partition coefficient (Wildman–Crippen LogP) is 3.01. The van der Waals surface area contributed by atoms with Crippen molar-refractivity contribution in [1.82, 2.24) is 4.90 Å². The van der Waals surface area contributed by atoms with E-state index in [0.717, 1.165) is 4.88 Å². The lowest BCUT2D eigenvalue weighted by atomic mass is 10.2. The minimum atomic E-state index is -0.295. The maximum atomic E-state index is 13.7. The van der Waals surface area contributed by atoms with Crippen LogP contribution in [-0.2, 0) is 0 Å². The van der Waals surface area contributed by atoms with Crippen molar-refractivity contribution < 1.29 is 14.3 Å². The van der Waals surface area contributed by atoms with Gasteiger partial charge in [0.1, 0.15) is 5.82 Å². The zero-order chi connectivity index (χ0) is 14.5. The first-order valence-electron chi connectivity index (χ1n) is 6.42. The third kappa shape index (κ3) is 3.05. The number of hydrogen-bond acceptors (Lipinski definition) is 3. The molecule has 0 bridgehead atoms. The number of nitrogens with zero attached hydrogens (tertiary/aromatic N) is 1. The van der Waals surface area contributed by atoms with Crippen molar-refractivity contribution in [2.45, 2.75) is 6.92 Å². The Morgan fingerprint density at radius 2 is 2.05 bits per heavy atom. The minimum Gasteiger partial charge on any atom is -0.395 e. The van der Waals surface area contributed by atoms with Gasteiger partial charge in [0.2, 0.25) is 0 Å². The van der Waals surface area contributed by atoms with Gasteiger partial charge in [-0.3, -0.25) is 4.79 Å². The summed E-state index contributed by atoms with van der Waals surface area (Å²) in [5.74, 6) is -0.426. The summed E-state index contributed by atoms with van der Waals surface area (Å²) in [4.78, 5) is 15.1. The van der Waals surface area contributed by atoms with Gasteiger partial charge in [0, 0.05) is 23.5 Å². The zero-order valence-corrected chi connectivity index (χ0v) is 12.0. The molecule has 106 valence electrons. The smallest absolute Gasteiger partial charge is 0.264 e. The van der Waals surface area contributed by atoms with Crippen molar-refractivity contribution in [3.05, 3.63) is 47.1 Å². The first-order valence-corrected chi connectivity index (χ1v) is 7.24. The van der Waals surface area contributed by atoms with Gasteiger partial charge in [-0.25, -0.2) is 4.39 Å². The van der Waals surface area contributed by atoms with Crippen LogP contribution >= 0.6 is 11.3 Å². The lowest BCUT2D eigenvalue weighted by Crippen LogP contribution is -2.32. The molecule has 0 radical (unpaired) electrons. The van der Waals surface area contributed by atoms with Gasteiger partial charge in [0.15, 0.2) is 0 Å². The SMILES string of the molecule is CCN(CCO)C(=O)c1ccc(-c2ccccc2F)s1. The highest BCUT2D eigenvalue weighted by atomic mass is 32.1. The number of carbonyl (C=O) groups is 1. The van der Waals surface area contributed by atoms with E-state index in [1.165, 1.54) is 17.4 Å². The van der Waals surface area contributed by atoms with Crippen molar-refractivity contribution in [3.63, 3.8) is 0 Å². The van der Waals surface area contributed by atoms with E-state index in [4.69, 9.17) is 5.11 Å². The van der Waals surface area contributed by atoms with E-state index in [-0.39, 0.29) is 18.3 Å². The molecule has 0 saturated heterocycles. The Balaban J connectivity index is 2.25. The topological polar surface area (TPSA) is 40.5 Å². The molecule has 20 heavy (non-hydrogen) atoms. The molecular formula is C15H16FNO2S. The van der Waals surface area contributed by atoms with Gasteiger partial charge in [-0.15, -0.1) is 11.3 Å². The van der Waals surface area contributed by atoms with Gasteiger partial charge in [-0.05, 0) is 25.1 Å². The van der Waals surface area contributed by atoms with Gasteiger partial charge in [-0.2, -0.15) is 0 Å². The average Bonchev–Trinajstić information content (AvgIpc) is 2.94. The molecule has 0 fully saturated rings.